The van der Waals surface area contributed by atoms with Crippen LogP contribution in [0.3, 0.4) is 0 Å². The largest absolute Gasteiger partial charge is 0.495 e. The van der Waals surface area contributed by atoms with Crippen molar-refractivity contribution in [3.8, 4) is 34.5 Å². The highest BCUT2D eigenvalue weighted by molar-refractivity contribution is 6.13. The Bertz CT molecular complexity index is 3130. The molecule has 8 aromatic rings. The SMILES string of the molecule is CCn1cc(C)cc1-c1ncc2c3cc(C(N)=O)cc(OC)c3n(C/C=C/CCn3c4nc(-c5cc(C)nn5CC)ncc4c4cc(C(N)=O)cc(OCCCN5CCOCC5)c43)c2n1. The maximum absolute atomic E-state index is 12.8. The number of aryl methyl sites for hydroxylation is 5. The Kier molecular flexibility index (Phi) is 12.1. The molecular weight excluding hydrogens is 825 g/mol. The summed E-state index contributed by atoms with van der Waals surface area (Å²) < 4.78 is 26.3. The van der Waals surface area contributed by atoms with Crippen LogP contribution in [-0.2, 0) is 30.9 Å². The molecule has 65 heavy (non-hydrogen) atoms. The summed E-state index contributed by atoms with van der Waals surface area (Å²) in [6, 6.07) is 11.1. The molecule has 0 radical (unpaired) electrons. The lowest BCUT2D eigenvalue weighted by atomic mass is 10.1. The number of carbonyl (C=O) groups is 2. The van der Waals surface area contributed by atoms with Crippen molar-refractivity contribution in [3.05, 3.63) is 89.5 Å². The number of nitrogens with two attached hydrogens (primary N) is 2. The van der Waals surface area contributed by atoms with E-state index < -0.39 is 11.8 Å². The number of fused-ring (bicyclic) bond motifs is 6. The first-order valence-corrected chi connectivity index (χ1v) is 22.2. The number of primary amides is 2. The van der Waals surface area contributed by atoms with Gasteiger partial charge in [0.25, 0.3) is 0 Å². The molecule has 0 saturated carbocycles. The van der Waals surface area contributed by atoms with E-state index in [1.165, 1.54) is 0 Å². The van der Waals surface area contributed by atoms with Gasteiger partial charge in [-0.05, 0) is 82.5 Å². The Labute approximate surface area is 375 Å². The van der Waals surface area contributed by atoms with Gasteiger partial charge >= 0.3 is 0 Å². The van der Waals surface area contributed by atoms with E-state index in [2.05, 4.69) is 62.0 Å². The van der Waals surface area contributed by atoms with Gasteiger partial charge in [-0.1, -0.05) is 12.2 Å². The molecule has 2 amide bonds. The van der Waals surface area contributed by atoms with Crippen LogP contribution in [0.15, 0.2) is 67.1 Å². The second-order valence-electron chi connectivity index (χ2n) is 16.4. The highest BCUT2D eigenvalue weighted by Gasteiger charge is 2.23. The fourth-order valence-electron chi connectivity index (χ4n) is 8.99. The summed E-state index contributed by atoms with van der Waals surface area (Å²) in [7, 11) is 1.58. The number of methoxy groups -OCH3 is 1. The van der Waals surface area contributed by atoms with Crippen LogP contribution in [0.4, 0.5) is 0 Å². The molecule has 2 aromatic carbocycles. The Morgan fingerprint density at radius 3 is 2.06 bits per heavy atom. The van der Waals surface area contributed by atoms with Gasteiger partial charge in [-0.2, -0.15) is 5.10 Å². The fourth-order valence-corrected chi connectivity index (χ4v) is 8.99. The standard InChI is InChI=1S/C48H54N12O5/c1-6-57-28-29(3)20-37(57)45-51-26-35-33-22-31(43(49)61)24-39(63-5)41(33)58(47(35)53-45)13-9-8-10-14-59-42-34(36-27-52-46(54-48(36)59)38-21-30(4)55-60(38)7-2)23-32(44(50)62)25-40(42)65-17-11-12-56-15-18-64-19-16-56/h8-9,20-28H,6-7,10-19H2,1-5H3,(H2,49,61)(H2,50,62)/b9-8+. The molecule has 0 aliphatic carbocycles. The second kappa shape index (κ2) is 18.2. The first-order valence-electron chi connectivity index (χ1n) is 22.2. The van der Waals surface area contributed by atoms with Crippen molar-refractivity contribution in [2.45, 2.75) is 66.7 Å². The van der Waals surface area contributed by atoms with Crippen LogP contribution in [0, 0.1) is 13.8 Å². The third kappa shape index (κ3) is 8.28. The summed E-state index contributed by atoms with van der Waals surface area (Å²) in [5.41, 5.74) is 19.1. The number of nitrogens with zero attached hydrogens (tertiary/aromatic N) is 10. The van der Waals surface area contributed by atoms with Crippen molar-refractivity contribution in [1.29, 1.82) is 0 Å². The van der Waals surface area contributed by atoms with Gasteiger partial charge in [-0.15, -0.1) is 0 Å². The summed E-state index contributed by atoms with van der Waals surface area (Å²) >= 11 is 0. The Balaban J connectivity index is 1.10. The second-order valence-corrected chi connectivity index (χ2v) is 16.4. The van der Waals surface area contributed by atoms with Gasteiger partial charge in [-0.25, -0.2) is 19.9 Å². The summed E-state index contributed by atoms with van der Waals surface area (Å²) in [5.74, 6) is 1.10. The average Bonchev–Trinajstić information content (AvgIpc) is 4.07. The number of hydrogen-bond donors (Lipinski definition) is 2. The van der Waals surface area contributed by atoms with E-state index in [9.17, 15) is 9.59 Å². The molecule has 1 saturated heterocycles. The van der Waals surface area contributed by atoms with Crippen LogP contribution in [0.2, 0.25) is 0 Å². The van der Waals surface area contributed by atoms with E-state index in [0.717, 1.165) is 101 Å². The average molecular weight is 879 g/mol. The van der Waals surface area contributed by atoms with Crippen LogP contribution in [0.1, 0.15) is 58.7 Å². The summed E-state index contributed by atoms with van der Waals surface area (Å²) in [4.78, 5) is 47.5. The van der Waals surface area contributed by atoms with Crippen molar-refractivity contribution < 1.29 is 23.8 Å². The number of benzene rings is 2. The maximum atomic E-state index is 12.8. The Morgan fingerprint density at radius 1 is 0.769 bits per heavy atom. The van der Waals surface area contributed by atoms with E-state index in [-0.39, 0.29) is 0 Å². The minimum Gasteiger partial charge on any atom is -0.495 e. The van der Waals surface area contributed by atoms with Crippen LogP contribution in [0.5, 0.6) is 11.5 Å². The van der Waals surface area contributed by atoms with Gasteiger partial charge in [0.15, 0.2) is 11.6 Å². The number of ether oxygens (including phenoxy) is 3. The van der Waals surface area contributed by atoms with E-state index >= 15 is 0 Å². The zero-order valence-electron chi connectivity index (χ0n) is 37.5. The summed E-state index contributed by atoms with van der Waals surface area (Å²) in [6.07, 6.45) is 11.4. The topological polar surface area (TPSA) is 201 Å². The number of carbonyl (C=O) groups excluding carboxylic acids is 2. The molecular formula is C48H54N12O5. The predicted molar refractivity (Wildman–Crippen MR) is 250 cm³/mol. The molecule has 1 fully saturated rings. The molecule has 6 aromatic heterocycles. The van der Waals surface area contributed by atoms with Gasteiger partial charge in [-0.3, -0.25) is 19.2 Å². The molecule has 4 N–H and O–H groups in total. The van der Waals surface area contributed by atoms with Crippen molar-refractivity contribution in [1.82, 2.24) is 48.3 Å². The number of amides is 2. The van der Waals surface area contributed by atoms with E-state index in [1.54, 1.807) is 25.3 Å². The first kappa shape index (κ1) is 43.2. The fraction of sp³-hybridized carbons (Fsp3) is 0.354. The summed E-state index contributed by atoms with van der Waals surface area (Å²) in [6.45, 7) is 15.1. The van der Waals surface area contributed by atoms with Crippen LogP contribution in [0.25, 0.3) is 66.9 Å². The van der Waals surface area contributed by atoms with E-state index in [4.69, 9.17) is 45.6 Å². The van der Waals surface area contributed by atoms with Gasteiger partial charge < -0.3 is 39.4 Å². The monoisotopic (exact) mass is 878 g/mol. The molecule has 0 bridgehead atoms. The predicted octanol–water partition coefficient (Wildman–Crippen LogP) is 6.43. The summed E-state index contributed by atoms with van der Waals surface area (Å²) in [5, 5.41) is 7.75. The van der Waals surface area contributed by atoms with E-state index in [0.29, 0.717) is 78.2 Å². The number of allylic oxidation sites excluding steroid dienone is 2. The normalized spacial score (nSPS) is 13.6. The lowest BCUT2D eigenvalue weighted by molar-refractivity contribution is 0.0358. The highest BCUT2D eigenvalue weighted by atomic mass is 16.5. The minimum atomic E-state index is -0.555. The zero-order chi connectivity index (χ0) is 45.4. The molecule has 1 aliphatic heterocycles. The molecule has 0 atom stereocenters. The molecule has 17 heteroatoms. The third-order valence-corrected chi connectivity index (χ3v) is 12.1. The van der Waals surface area contributed by atoms with Gasteiger partial charge in [0.05, 0.1) is 49.4 Å². The number of rotatable bonds is 17. The van der Waals surface area contributed by atoms with Gasteiger partial charge in [0, 0.05) is 97.1 Å². The minimum absolute atomic E-state index is 0.333. The van der Waals surface area contributed by atoms with Crippen LogP contribution in [-0.4, -0.2) is 107 Å². The Morgan fingerprint density at radius 2 is 1.42 bits per heavy atom. The molecule has 336 valence electrons. The molecule has 1 aliphatic rings. The molecule has 7 heterocycles. The highest BCUT2D eigenvalue weighted by Crippen LogP contribution is 2.38. The first-order chi connectivity index (χ1) is 31.6. The smallest absolute Gasteiger partial charge is 0.248 e. The quantitative estimate of drug-likeness (QED) is 0.0755. The van der Waals surface area contributed by atoms with Crippen molar-refractivity contribution >= 4 is 55.7 Å². The zero-order valence-corrected chi connectivity index (χ0v) is 37.5. The number of aromatic nitrogens is 9. The van der Waals surface area contributed by atoms with Gasteiger partial charge in [0.2, 0.25) is 11.8 Å². The van der Waals surface area contributed by atoms with Crippen molar-refractivity contribution in [3.63, 3.8) is 0 Å². The van der Waals surface area contributed by atoms with Crippen molar-refractivity contribution in [2.24, 2.45) is 11.5 Å². The number of morpholine rings is 1. The lowest BCUT2D eigenvalue weighted by Gasteiger charge is -2.26. The molecule has 0 unspecified atom stereocenters. The third-order valence-electron chi connectivity index (χ3n) is 12.1. The maximum Gasteiger partial charge on any atom is 0.248 e. The molecule has 0 spiro atoms. The number of hydrogen-bond acceptors (Lipinski definition) is 11. The lowest BCUT2D eigenvalue weighted by Crippen LogP contribution is -2.37. The van der Waals surface area contributed by atoms with Crippen LogP contribution >= 0.6 is 0 Å². The molecule has 17 nitrogen and oxygen atoms in total. The van der Waals surface area contributed by atoms with Crippen LogP contribution < -0.4 is 20.9 Å². The molecule has 9 rings (SSSR count). The van der Waals surface area contributed by atoms with E-state index in [1.807, 2.05) is 43.1 Å². The van der Waals surface area contributed by atoms with Gasteiger partial charge in [0.1, 0.15) is 28.5 Å². The van der Waals surface area contributed by atoms with Crippen molar-refractivity contribution in [2.75, 3.05) is 46.6 Å². The Hall–Kier alpha value is -7.11.